The standard InChI is InChI=1S/C27H32N2O5S3/c1-5-8-19(15-26-28(6-2)22-17-20(33-3)9-11-24(22)35-26)16-27-29(13-7-14-37(30,31)32)23-18-21(34-4)10-12-25(23)36-27/h9-12,15-18H,5-8,13-14H2,1-4H3. The highest BCUT2D eigenvalue weighted by Crippen LogP contribution is 2.47. The molecule has 0 N–H and O–H groups in total. The van der Waals surface area contributed by atoms with Crippen LogP contribution in [0.2, 0.25) is 0 Å². The number of fused-ring (bicyclic) bond motifs is 2. The molecule has 1 aliphatic heterocycles. The van der Waals surface area contributed by atoms with Crippen molar-refractivity contribution in [2.75, 3.05) is 31.4 Å². The summed E-state index contributed by atoms with van der Waals surface area (Å²) >= 11 is 3.40. The van der Waals surface area contributed by atoms with Gasteiger partial charge in [0, 0.05) is 35.8 Å². The summed E-state index contributed by atoms with van der Waals surface area (Å²) < 4.78 is 47.8. The molecule has 0 fully saturated rings. The molecule has 10 heteroatoms. The van der Waals surface area contributed by atoms with Crippen molar-refractivity contribution in [2.45, 2.75) is 44.6 Å². The highest BCUT2D eigenvalue weighted by molar-refractivity contribution is 8.03. The lowest BCUT2D eigenvalue weighted by molar-refractivity contribution is -0.668. The second-order valence-electron chi connectivity index (χ2n) is 8.67. The van der Waals surface area contributed by atoms with Gasteiger partial charge in [0.05, 0.1) is 41.1 Å². The first kappa shape index (κ1) is 27.5. The number of thioether (sulfide) groups is 1. The van der Waals surface area contributed by atoms with Crippen molar-refractivity contribution in [1.82, 2.24) is 0 Å². The van der Waals surface area contributed by atoms with Crippen LogP contribution in [-0.4, -0.2) is 39.5 Å². The smallest absolute Gasteiger partial charge is 0.263 e. The van der Waals surface area contributed by atoms with E-state index < -0.39 is 10.1 Å². The van der Waals surface area contributed by atoms with Crippen molar-refractivity contribution in [3.8, 4) is 11.5 Å². The molecular formula is C27H32N2O5S3. The van der Waals surface area contributed by atoms with E-state index in [0.717, 1.165) is 56.8 Å². The quantitative estimate of drug-likeness (QED) is 0.217. The first-order valence-electron chi connectivity index (χ1n) is 12.3. The fourth-order valence-corrected chi connectivity index (χ4v) is 7.19. The molecule has 1 aromatic heterocycles. The third kappa shape index (κ3) is 6.49. The van der Waals surface area contributed by atoms with Gasteiger partial charge in [-0.2, -0.15) is 4.57 Å². The summed E-state index contributed by atoms with van der Waals surface area (Å²) in [6.07, 6.45) is 6.58. The van der Waals surface area contributed by atoms with Gasteiger partial charge in [0.2, 0.25) is 5.52 Å². The molecule has 2 aromatic carbocycles. The number of benzene rings is 2. The van der Waals surface area contributed by atoms with Gasteiger partial charge in [-0.3, -0.25) is 0 Å². The Morgan fingerprint density at radius 1 is 1.11 bits per heavy atom. The largest absolute Gasteiger partial charge is 0.748 e. The Labute approximate surface area is 227 Å². The normalized spacial score (nSPS) is 15.0. The number of nitrogens with zero attached hydrogens (tertiary/aromatic N) is 2. The maximum Gasteiger partial charge on any atom is 0.263 e. The Balaban J connectivity index is 1.75. The van der Waals surface area contributed by atoms with E-state index in [4.69, 9.17) is 9.47 Å². The highest BCUT2D eigenvalue weighted by atomic mass is 32.2. The molecule has 2 heterocycles. The van der Waals surface area contributed by atoms with E-state index in [9.17, 15) is 13.0 Å². The van der Waals surface area contributed by atoms with Crippen LogP contribution >= 0.6 is 23.1 Å². The second kappa shape index (κ2) is 11.9. The van der Waals surface area contributed by atoms with Gasteiger partial charge in [0.25, 0.3) is 5.01 Å². The summed E-state index contributed by atoms with van der Waals surface area (Å²) in [6.45, 7) is 5.57. The fraction of sp³-hybridized carbons (Fsp3) is 0.370. The van der Waals surface area contributed by atoms with E-state index in [-0.39, 0.29) is 12.2 Å². The van der Waals surface area contributed by atoms with E-state index in [1.54, 1.807) is 37.3 Å². The Morgan fingerprint density at radius 3 is 2.51 bits per heavy atom. The lowest BCUT2D eigenvalue weighted by Gasteiger charge is -2.19. The number of hydrogen-bond donors (Lipinski definition) is 0. The number of ether oxygens (including phenoxy) is 2. The topological polar surface area (TPSA) is 82.8 Å². The molecular weight excluding hydrogens is 529 g/mol. The molecule has 1 aliphatic rings. The van der Waals surface area contributed by atoms with Gasteiger partial charge in [-0.1, -0.05) is 36.4 Å². The zero-order chi connectivity index (χ0) is 26.6. The van der Waals surface area contributed by atoms with Crippen molar-refractivity contribution in [3.63, 3.8) is 0 Å². The number of thiazole rings is 1. The zero-order valence-corrected chi connectivity index (χ0v) is 24.0. The SMILES string of the molecule is CCCC(=C/c1sc2ccc(OC)cc2[n+]1CCCS(=O)(=O)[O-])/C=C1/Sc2ccc(OC)cc2N1CC. The summed E-state index contributed by atoms with van der Waals surface area (Å²) in [4.78, 5) is 3.50. The number of aromatic nitrogens is 1. The van der Waals surface area contributed by atoms with Gasteiger partial charge in [0.1, 0.15) is 16.2 Å². The average molecular weight is 561 g/mol. The summed E-state index contributed by atoms with van der Waals surface area (Å²) in [5.74, 6) is 1.18. The van der Waals surface area contributed by atoms with Crippen LogP contribution in [0.4, 0.5) is 5.69 Å². The van der Waals surface area contributed by atoms with Crippen LogP contribution in [0.25, 0.3) is 16.3 Å². The maximum absolute atomic E-state index is 11.2. The number of rotatable bonds is 11. The van der Waals surface area contributed by atoms with Crippen LogP contribution in [0.1, 0.15) is 38.1 Å². The van der Waals surface area contributed by atoms with E-state index in [1.807, 2.05) is 24.3 Å². The maximum atomic E-state index is 11.2. The molecule has 0 saturated heterocycles. The minimum atomic E-state index is -4.27. The molecule has 0 aliphatic carbocycles. The summed E-state index contributed by atoms with van der Waals surface area (Å²) in [5, 5.41) is 2.18. The molecule has 0 spiro atoms. The van der Waals surface area contributed by atoms with E-state index in [2.05, 4.69) is 47.6 Å². The number of aryl methyl sites for hydroxylation is 1. The molecule has 0 unspecified atom stereocenters. The van der Waals surface area contributed by atoms with E-state index >= 15 is 0 Å². The van der Waals surface area contributed by atoms with Crippen LogP contribution < -0.4 is 18.9 Å². The Kier molecular flexibility index (Phi) is 8.84. The highest BCUT2D eigenvalue weighted by Gasteiger charge is 2.25. The van der Waals surface area contributed by atoms with Gasteiger partial charge >= 0.3 is 0 Å². The minimum Gasteiger partial charge on any atom is -0.748 e. The van der Waals surface area contributed by atoms with Crippen molar-refractivity contribution in [2.24, 2.45) is 0 Å². The number of methoxy groups -OCH3 is 2. The third-order valence-corrected chi connectivity index (χ3v) is 9.14. The monoisotopic (exact) mass is 560 g/mol. The molecule has 0 saturated carbocycles. The van der Waals surface area contributed by atoms with Gasteiger partial charge in [-0.25, -0.2) is 8.42 Å². The minimum absolute atomic E-state index is 0.251. The molecule has 198 valence electrons. The Bertz CT molecular complexity index is 1440. The molecule has 0 atom stereocenters. The molecule has 0 bridgehead atoms. The zero-order valence-electron chi connectivity index (χ0n) is 21.5. The predicted octanol–water partition coefficient (Wildman–Crippen LogP) is 5.80. The van der Waals surface area contributed by atoms with Gasteiger partial charge in [-0.15, -0.1) is 0 Å². The summed E-state index contributed by atoms with van der Waals surface area (Å²) in [7, 11) is -0.963. The predicted molar refractivity (Wildman–Crippen MR) is 151 cm³/mol. The van der Waals surface area contributed by atoms with Crippen LogP contribution in [0.3, 0.4) is 0 Å². The molecule has 37 heavy (non-hydrogen) atoms. The fourth-order valence-electron chi connectivity index (χ4n) is 4.38. The number of allylic oxidation sites excluding steroid dienone is 2. The Hall–Kier alpha value is -2.53. The second-order valence-corrected chi connectivity index (χ2v) is 12.3. The first-order valence-corrected chi connectivity index (χ1v) is 15.5. The molecule has 4 rings (SSSR count). The van der Waals surface area contributed by atoms with Crippen LogP contribution in [0, 0.1) is 0 Å². The lowest BCUT2D eigenvalue weighted by atomic mass is 10.1. The molecule has 0 amide bonds. The van der Waals surface area contributed by atoms with Crippen LogP contribution in [0.5, 0.6) is 11.5 Å². The number of hydrogen-bond acceptors (Lipinski definition) is 8. The summed E-state index contributed by atoms with van der Waals surface area (Å²) in [6, 6.07) is 12.1. The molecule has 3 aromatic rings. The van der Waals surface area contributed by atoms with Crippen molar-refractivity contribution >= 4 is 55.2 Å². The lowest BCUT2D eigenvalue weighted by Crippen LogP contribution is -2.36. The van der Waals surface area contributed by atoms with E-state index in [0.29, 0.717) is 6.54 Å². The van der Waals surface area contributed by atoms with Crippen molar-refractivity contribution in [3.05, 3.63) is 58.1 Å². The van der Waals surface area contributed by atoms with E-state index in [1.165, 1.54) is 10.5 Å². The molecule has 0 radical (unpaired) electrons. The average Bonchev–Trinajstić information content (AvgIpc) is 3.39. The van der Waals surface area contributed by atoms with Gasteiger partial charge < -0.3 is 18.9 Å². The van der Waals surface area contributed by atoms with Gasteiger partial charge in [-0.05, 0) is 49.3 Å². The van der Waals surface area contributed by atoms with Gasteiger partial charge in [0.15, 0.2) is 6.54 Å². The Morgan fingerprint density at radius 2 is 1.84 bits per heavy atom. The first-order chi connectivity index (χ1) is 17.8. The van der Waals surface area contributed by atoms with Crippen molar-refractivity contribution in [1.29, 1.82) is 0 Å². The third-order valence-electron chi connectivity index (χ3n) is 6.12. The van der Waals surface area contributed by atoms with Crippen LogP contribution in [-0.2, 0) is 16.7 Å². The summed E-state index contributed by atoms with van der Waals surface area (Å²) in [5.41, 5.74) is 3.30. The molecule has 7 nitrogen and oxygen atoms in total. The van der Waals surface area contributed by atoms with Crippen LogP contribution in [0.15, 0.2) is 58.0 Å². The van der Waals surface area contributed by atoms with Crippen molar-refractivity contribution < 1.29 is 27.0 Å². The number of anilines is 1.